The lowest BCUT2D eigenvalue weighted by molar-refractivity contribution is -0.135. The molecular formula is C18H32B2N6O5. The summed E-state index contributed by atoms with van der Waals surface area (Å²) in [5.41, 5.74) is 10.5. The molecule has 0 aliphatic carbocycles. The molecule has 0 saturated heterocycles. The summed E-state index contributed by atoms with van der Waals surface area (Å²) in [6.07, 6.45) is 2.26. The average Bonchev–Trinajstić information content (AvgIpc) is 2.73. The summed E-state index contributed by atoms with van der Waals surface area (Å²) in [6, 6.07) is 0. The molecule has 0 rings (SSSR count). The Balaban J connectivity index is 4.43. The fourth-order valence-corrected chi connectivity index (χ4v) is 2.62. The molecule has 0 aromatic rings. The molecule has 31 heavy (non-hydrogen) atoms. The molecule has 0 aliphatic heterocycles. The number of amides is 5. The van der Waals surface area contributed by atoms with Crippen LogP contribution < -0.4 is 22.1 Å². The van der Waals surface area contributed by atoms with Crippen LogP contribution in [0.1, 0.15) is 25.7 Å². The molecule has 0 aliphatic rings. The third-order valence-electron chi connectivity index (χ3n) is 4.25. The second-order valence-electron chi connectivity index (χ2n) is 6.80. The van der Waals surface area contributed by atoms with Gasteiger partial charge in [-0.3, -0.25) is 24.0 Å². The van der Waals surface area contributed by atoms with Gasteiger partial charge in [0.1, 0.15) is 0 Å². The minimum atomic E-state index is -0.700. The number of nitrogens with one attached hydrogen (secondary N) is 2. The molecule has 0 fully saturated rings. The van der Waals surface area contributed by atoms with Crippen molar-refractivity contribution < 1.29 is 24.0 Å². The molecule has 11 nitrogen and oxygen atoms in total. The number of nitrogens with two attached hydrogens (primary N) is 2. The van der Waals surface area contributed by atoms with Crippen molar-refractivity contribution in [1.29, 1.82) is 0 Å². The number of nitrogens with zero attached hydrogens (tertiary/aromatic N) is 2. The van der Waals surface area contributed by atoms with Crippen LogP contribution in [0.2, 0.25) is 12.6 Å². The van der Waals surface area contributed by atoms with Crippen LogP contribution >= 0.6 is 0 Å². The lowest BCUT2D eigenvalue weighted by Gasteiger charge is -2.23. The monoisotopic (exact) mass is 434 g/mol. The van der Waals surface area contributed by atoms with Gasteiger partial charge in [0, 0.05) is 32.6 Å². The summed E-state index contributed by atoms with van der Waals surface area (Å²) in [4.78, 5) is 61.0. The van der Waals surface area contributed by atoms with Crippen molar-refractivity contribution in [2.45, 2.75) is 38.3 Å². The molecule has 0 unspecified atom stereocenters. The van der Waals surface area contributed by atoms with Crippen LogP contribution in [0.5, 0.6) is 0 Å². The zero-order chi connectivity index (χ0) is 23.6. The van der Waals surface area contributed by atoms with Crippen molar-refractivity contribution in [1.82, 2.24) is 20.4 Å². The topological polar surface area (TPSA) is 168 Å². The molecule has 5 amide bonds. The van der Waals surface area contributed by atoms with Crippen LogP contribution in [-0.2, 0) is 24.0 Å². The van der Waals surface area contributed by atoms with Gasteiger partial charge >= 0.3 is 0 Å². The summed E-state index contributed by atoms with van der Waals surface area (Å²) in [5.74, 6) is -2.24. The number of unbranched alkanes of at least 4 members (excludes halogenated alkanes) is 2. The minimum Gasteiger partial charge on any atom is -0.368 e. The number of carbonyl (C=O) groups is 5. The van der Waals surface area contributed by atoms with E-state index in [0.717, 1.165) is 24.2 Å². The van der Waals surface area contributed by atoms with Gasteiger partial charge in [-0.15, -0.1) is 0 Å². The van der Waals surface area contributed by atoms with E-state index in [1.54, 1.807) is 0 Å². The Bertz CT molecular complexity index is 608. The number of primary amides is 1. The summed E-state index contributed by atoms with van der Waals surface area (Å²) in [5, 5.41) is 5.26. The summed E-state index contributed by atoms with van der Waals surface area (Å²) in [6.45, 7) is 0.409. The van der Waals surface area contributed by atoms with Gasteiger partial charge in [-0.05, 0) is 32.0 Å². The first-order valence-electron chi connectivity index (χ1n) is 10.2. The van der Waals surface area contributed by atoms with E-state index >= 15 is 0 Å². The number of hydrogen-bond acceptors (Lipinski definition) is 6. The second-order valence-corrected chi connectivity index (χ2v) is 6.80. The highest BCUT2D eigenvalue weighted by Crippen LogP contribution is 1.99. The predicted molar refractivity (Wildman–Crippen MR) is 117 cm³/mol. The fraction of sp³-hybridized carbons (Fsp3) is 0.722. The van der Waals surface area contributed by atoms with Crippen LogP contribution in [0.25, 0.3) is 0 Å². The molecule has 0 atom stereocenters. The Kier molecular flexibility index (Phi) is 15.7. The first kappa shape index (κ1) is 28.4. The summed E-state index contributed by atoms with van der Waals surface area (Å²) in [7, 11) is 10.7. The first-order chi connectivity index (χ1) is 14.7. The Morgan fingerprint density at radius 2 is 1.26 bits per heavy atom. The van der Waals surface area contributed by atoms with Gasteiger partial charge in [0.25, 0.3) is 0 Å². The molecular weight excluding hydrogens is 402 g/mol. The number of carbonyl (C=O) groups excluding carboxylic acids is 5. The van der Waals surface area contributed by atoms with Crippen LogP contribution in [0, 0.1) is 0 Å². The molecule has 170 valence electrons. The van der Waals surface area contributed by atoms with Gasteiger partial charge in [0.2, 0.25) is 29.5 Å². The maximum absolute atomic E-state index is 12.2. The van der Waals surface area contributed by atoms with Gasteiger partial charge in [0.05, 0.1) is 28.8 Å². The highest BCUT2D eigenvalue weighted by atomic mass is 16.2. The molecule has 0 saturated carbocycles. The molecule has 0 aromatic heterocycles. The van der Waals surface area contributed by atoms with E-state index in [-0.39, 0.29) is 57.8 Å². The van der Waals surface area contributed by atoms with E-state index in [9.17, 15) is 24.0 Å². The minimum absolute atomic E-state index is 0.0375. The zero-order valence-corrected chi connectivity index (χ0v) is 17.9. The Hall–Kier alpha value is -2.56. The maximum Gasteiger partial charge on any atom is 0.239 e. The van der Waals surface area contributed by atoms with Crippen molar-refractivity contribution in [3.63, 3.8) is 0 Å². The summed E-state index contributed by atoms with van der Waals surface area (Å²) < 4.78 is 0. The van der Waals surface area contributed by atoms with Crippen LogP contribution in [0.4, 0.5) is 0 Å². The van der Waals surface area contributed by atoms with E-state index in [0.29, 0.717) is 13.0 Å². The quantitative estimate of drug-likeness (QED) is 0.141. The highest BCUT2D eigenvalue weighted by molar-refractivity contribution is 6.20. The van der Waals surface area contributed by atoms with E-state index < -0.39 is 23.6 Å². The van der Waals surface area contributed by atoms with Gasteiger partial charge in [0.15, 0.2) is 0 Å². The normalized spacial score (nSPS) is 10.2. The van der Waals surface area contributed by atoms with Gasteiger partial charge in [-0.25, -0.2) is 0 Å². The number of hydrogen-bond donors (Lipinski definition) is 4. The average molecular weight is 434 g/mol. The Morgan fingerprint density at radius 3 is 1.74 bits per heavy atom. The smallest absolute Gasteiger partial charge is 0.239 e. The lowest BCUT2D eigenvalue weighted by Crippen LogP contribution is -2.46. The van der Waals surface area contributed by atoms with E-state index in [1.807, 2.05) is 0 Å². The van der Waals surface area contributed by atoms with Crippen molar-refractivity contribution in [2.75, 3.05) is 45.8 Å². The molecule has 6 N–H and O–H groups in total. The van der Waals surface area contributed by atoms with Crippen molar-refractivity contribution in [2.24, 2.45) is 11.5 Å². The standard InChI is InChI=1S/C18H32B2N6O5/c19-10-17(30)25(12-14(22)27)8-7-24-16(29)13-26(18(31)11-20)9-6-23-15(28)4-2-1-3-5-21/h1-13,21H2,(H2,22,27)(H,23,28)(H,24,29). The van der Waals surface area contributed by atoms with Crippen molar-refractivity contribution in [3.05, 3.63) is 0 Å². The van der Waals surface area contributed by atoms with E-state index in [1.165, 1.54) is 4.90 Å². The first-order valence-corrected chi connectivity index (χ1v) is 10.2. The molecule has 0 heterocycles. The third kappa shape index (κ3) is 14.1. The second kappa shape index (κ2) is 17.2. The predicted octanol–water partition coefficient (Wildman–Crippen LogP) is -2.95. The molecule has 0 spiro atoms. The van der Waals surface area contributed by atoms with Crippen LogP contribution in [-0.4, -0.2) is 101 Å². The van der Waals surface area contributed by atoms with E-state index in [2.05, 4.69) is 10.6 Å². The maximum atomic E-state index is 12.2. The lowest BCUT2D eigenvalue weighted by atomic mass is 10.0. The van der Waals surface area contributed by atoms with Crippen molar-refractivity contribution >= 4 is 45.2 Å². The van der Waals surface area contributed by atoms with Crippen LogP contribution in [0.3, 0.4) is 0 Å². The Morgan fingerprint density at radius 1 is 0.742 bits per heavy atom. The molecule has 4 radical (unpaired) electrons. The largest absolute Gasteiger partial charge is 0.368 e. The Labute approximate surface area is 185 Å². The van der Waals surface area contributed by atoms with Crippen LogP contribution in [0.15, 0.2) is 0 Å². The molecule has 0 bridgehead atoms. The van der Waals surface area contributed by atoms with Gasteiger partial charge in [-0.2, -0.15) is 0 Å². The highest BCUT2D eigenvalue weighted by Gasteiger charge is 2.17. The van der Waals surface area contributed by atoms with Crippen molar-refractivity contribution in [3.8, 4) is 0 Å². The zero-order valence-electron chi connectivity index (χ0n) is 17.9. The van der Waals surface area contributed by atoms with Gasteiger partial charge < -0.3 is 31.9 Å². The SMILES string of the molecule is [B]CC(=O)N(CCNC(=O)CN(CCNC(=O)CCCCCN)C(=O)C[B])CC(N)=O. The molecule has 13 heteroatoms. The number of rotatable bonds is 17. The van der Waals surface area contributed by atoms with E-state index in [4.69, 9.17) is 27.2 Å². The van der Waals surface area contributed by atoms with Gasteiger partial charge in [-0.1, -0.05) is 6.42 Å². The fourth-order valence-electron chi connectivity index (χ4n) is 2.62. The third-order valence-corrected chi connectivity index (χ3v) is 4.25. The molecule has 0 aromatic carbocycles. The summed E-state index contributed by atoms with van der Waals surface area (Å²) >= 11 is 0.